The molecule has 0 aliphatic heterocycles. The summed E-state index contributed by atoms with van der Waals surface area (Å²) < 4.78 is 0. The van der Waals surface area contributed by atoms with E-state index in [1.807, 2.05) is 0 Å². The lowest BCUT2D eigenvalue weighted by atomic mass is 9.73. The quantitative estimate of drug-likeness (QED) is 0.495. The predicted molar refractivity (Wildman–Crippen MR) is 93.8 cm³/mol. The molecule has 7 heteroatoms. The Balaban J connectivity index is 2.47. The van der Waals surface area contributed by atoms with Gasteiger partial charge in [-0.1, -0.05) is 30.3 Å². The summed E-state index contributed by atoms with van der Waals surface area (Å²) in [5.74, 6) is -3.17. The van der Waals surface area contributed by atoms with E-state index in [1.54, 1.807) is 38.1 Å². The molecule has 0 saturated heterocycles. The lowest BCUT2D eigenvalue weighted by molar-refractivity contribution is -0.385. The van der Waals surface area contributed by atoms with Crippen LogP contribution in [0.25, 0.3) is 11.6 Å². The number of fused-ring (bicyclic) bond motifs is 1. The van der Waals surface area contributed by atoms with Gasteiger partial charge in [-0.15, -0.1) is 0 Å². The van der Waals surface area contributed by atoms with E-state index in [0.29, 0.717) is 16.7 Å². The molecule has 132 valence electrons. The Bertz CT molecular complexity index is 991. The number of aryl methyl sites for hydroxylation is 1. The predicted octanol–water partition coefficient (Wildman–Crippen LogP) is 3.17. The van der Waals surface area contributed by atoms with Crippen molar-refractivity contribution >= 4 is 29.3 Å². The summed E-state index contributed by atoms with van der Waals surface area (Å²) in [6, 6.07) is 9.06. The van der Waals surface area contributed by atoms with Crippen LogP contribution in [0.5, 0.6) is 0 Å². The molecule has 0 fully saturated rings. The molecule has 0 radical (unpaired) electrons. The van der Waals surface area contributed by atoms with Crippen LogP contribution >= 0.6 is 0 Å². The number of nitro benzene ring substituents is 1. The summed E-state index contributed by atoms with van der Waals surface area (Å²) in [5, 5.41) is 31.4. The third kappa shape index (κ3) is 2.13. The zero-order valence-corrected chi connectivity index (χ0v) is 14.0. The molecule has 0 saturated carbocycles. The summed E-state index contributed by atoms with van der Waals surface area (Å²) in [7, 11) is 0. The van der Waals surface area contributed by atoms with Crippen molar-refractivity contribution in [3.63, 3.8) is 0 Å². The lowest BCUT2D eigenvalue weighted by Crippen LogP contribution is -2.43. The fraction of sp³-hybridized carbons (Fsp3) is 0.158. The average Bonchev–Trinajstić information content (AvgIpc) is 2.92. The number of aliphatic carboxylic acids is 2. The molecule has 2 aromatic carbocycles. The van der Waals surface area contributed by atoms with Gasteiger partial charge in [0.2, 0.25) is 5.41 Å². The Morgan fingerprint density at radius 2 is 1.65 bits per heavy atom. The zero-order chi connectivity index (χ0) is 19.2. The molecule has 1 aliphatic rings. The number of hydrogen-bond donors (Lipinski definition) is 2. The van der Waals surface area contributed by atoms with Crippen molar-refractivity contribution in [3.05, 3.63) is 74.3 Å². The Hall–Kier alpha value is -3.48. The van der Waals surface area contributed by atoms with E-state index in [2.05, 4.69) is 0 Å². The van der Waals surface area contributed by atoms with Crippen LogP contribution in [0.2, 0.25) is 0 Å². The maximum Gasteiger partial charge on any atom is 0.330 e. The summed E-state index contributed by atoms with van der Waals surface area (Å²) >= 11 is 0. The average molecular weight is 353 g/mol. The standard InChI is InChI=1S/C19H15NO6/c1-10-7-8-15(20(25)26)16(11(10)2)14-9-12-5-3-4-6-13(12)19(14,17(21)22)18(23)24/h3-9H,1-2H3,(H,21,22)(H,23,24). The molecule has 0 atom stereocenters. The van der Waals surface area contributed by atoms with Crippen LogP contribution in [0.15, 0.2) is 36.4 Å². The van der Waals surface area contributed by atoms with E-state index in [4.69, 9.17) is 0 Å². The molecule has 0 amide bonds. The number of nitrogens with zero attached hydrogens (tertiary/aromatic N) is 1. The number of hydrogen-bond acceptors (Lipinski definition) is 4. The van der Waals surface area contributed by atoms with Gasteiger partial charge < -0.3 is 10.2 Å². The number of carbonyl (C=O) groups is 2. The first-order valence-electron chi connectivity index (χ1n) is 7.76. The second-order valence-electron chi connectivity index (χ2n) is 6.16. The molecule has 0 unspecified atom stereocenters. The third-order valence-corrected chi connectivity index (χ3v) is 4.89. The van der Waals surface area contributed by atoms with E-state index in [-0.39, 0.29) is 22.4 Å². The van der Waals surface area contributed by atoms with Gasteiger partial charge in [0.1, 0.15) is 0 Å². The van der Waals surface area contributed by atoms with Gasteiger partial charge in [0.15, 0.2) is 0 Å². The van der Waals surface area contributed by atoms with Crippen LogP contribution in [0, 0.1) is 24.0 Å². The van der Waals surface area contributed by atoms with Gasteiger partial charge in [-0.3, -0.25) is 19.7 Å². The largest absolute Gasteiger partial charge is 0.480 e. The van der Waals surface area contributed by atoms with Crippen LogP contribution in [0.3, 0.4) is 0 Å². The zero-order valence-electron chi connectivity index (χ0n) is 14.0. The van der Waals surface area contributed by atoms with Crippen molar-refractivity contribution in [1.82, 2.24) is 0 Å². The number of carboxylic acids is 2. The normalized spacial score (nSPS) is 14.5. The van der Waals surface area contributed by atoms with Crippen molar-refractivity contribution < 1.29 is 24.7 Å². The third-order valence-electron chi connectivity index (χ3n) is 4.89. The first kappa shape index (κ1) is 17.3. The highest BCUT2D eigenvalue weighted by Crippen LogP contribution is 2.50. The van der Waals surface area contributed by atoms with Crippen LogP contribution in [0.4, 0.5) is 5.69 Å². The van der Waals surface area contributed by atoms with Crippen molar-refractivity contribution in [2.45, 2.75) is 19.3 Å². The van der Waals surface area contributed by atoms with Crippen molar-refractivity contribution in [2.24, 2.45) is 0 Å². The SMILES string of the molecule is Cc1ccc([N+](=O)[O-])c(C2=Cc3ccccc3C2(C(=O)O)C(=O)O)c1C. The fourth-order valence-corrected chi connectivity index (χ4v) is 3.48. The molecule has 0 bridgehead atoms. The van der Waals surface area contributed by atoms with Gasteiger partial charge in [-0.25, -0.2) is 0 Å². The number of rotatable bonds is 4. The first-order valence-corrected chi connectivity index (χ1v) is 7.76. The number of benzene rings is 2. The summed E-state index contributed by atoms with van der Waals surface area (Å²) in [4.78, 5) is 35.3. The molecule has 0 aromatic heterocycles. The molecule has 2 aromatic rings. The second kappa shape index (κ2) is 5.80. The Kier molecular flexibility index (Phi) is 3.87. The van der Waals surface area contributed by atoms with Crippen LogP contribution in [-0.4, -0.2) is 27.1 Å². The van der Waals surface area contributed by atoms with Gasteiger partial charge in [-0.05, 0) is 42.2 Å². The van der Waals surface area contributed by atoms with Gasteiger partial charge in [0.25, 0.3) is 5.69 Å². The highest BCUT2D eigenvalue weighted by atomic mass is 16.6. The summed E-state index contributed by atoms with van der Waals surface area (Å²) in [6.45, 7) is 3.35. The van der Waals surface area contributed by atoms with Gasteiger partial charge >= 0.3 is 11.9 Å². The molecule has 26 heavy (non-hydrogen) atoms. The van der Waals surface area contributed by atoms with Crippen molar-refractivity contribution in [1.29, 1.82) is 0 Å². The molecule has 2 N–H and O–H groups in total. The minimum atomic E-state index is -2.40. The fourth-order valence-electron chi connectivity index (χ4n) is 3.48. The minimum absolute atomic E-state index is 0.0380. The minimum Gasteiger partial charge on any atom is -0.480 e. The Morgan fingerprint density at radius 3 is 2.23 bits per heavy atom. The highest BCUT2D eigenvalue weighted by Gasteiger charge is 2.57. The molecule has 7 nitrogen and oxygen atoms in total. The van der Waals surface area contributed by atoms with Crippen molar-refractivity contribution in [3.8, 4) is 0 Å². The maximum absolute atomic E-state index is 12.2. The summed E-state index contributed by atoms with van der Waals surface area (Å²) in [5.41, 5.74) is -1.11. The Labute approximate surface area is 148 Å². The monoisotopic (exact) mass is 353 g/mol. The topological polar surface area (TPSA) is 118 Å². The number of nitro groups is 1. The maximum atomic E-state index is 12.2. The van der Waals surface area contributed by atoms with E-state index in [0.717, 1.165) is 0 Å². The smallest absolute Gasteiger partial charge is 0.330 e. The van der Waals surface area contributed by atoms with Crippen LogP contribution in [-0.2, 0) is 15.0 Å². The van der Waals surface area contributed by atoms with Crippen LogP contribution in [0.1, 0.15) is 27.8 Å². The van der Waals surface area contributed by atoms with Gasteiger partial charge in [0, 0.05) is 11.6 Å². The molecule has 0 heterocycles. The van der Waals surface area contributed by atoms with E-state index >= 15 is 0 Å². The Morgan fingerprint density at radius 1 is 1.04 bits per heavy atom. The molecule has 0 spiro atoms. The molecular weight excluding hydrogens is 338 g/mol. The van der Waals surface area contributed by atoms with Gasteiger partial charge in [-0.2, -0.15) is 0 Å². The number of carboxylic acid groups (broad SMARTS) is 2. The lowest BCUT2D eigenvalue weighted by Gasteiger charge is -2.26. The highest BCUT2D eigenvalue weighted by molar-refractivity contribution is 6.23. The van der Waals surface area contributed by atoms with E-state index in [1.165, 1.54) is 18.2 Å². The molecular formula is C19H15NO6. The molecule has 3 rings (SSSR count). The first-order chi connectivity index (χ1) is 12.2. The second-order valence-corrected chi connectivity index (χ2v) is 6.16. The van der Waals surface area contributed by atoms with Gasteiger partial charge in [0.05, 0.1) is 10.5 Å². The van der Waals surface area contributed by atoms with E-state index < -0.39 is 22.3 Å². The van der Waals surface area contributed by atoms with Crippen LogP contribution < -0.4 is 0 Å². The van der Waals surface area contributed by atoms with E-state index in [9.17, 15) is 29.9 Å². The molecule has 1 aliphatic carbocycles. The summed E-state index contributed by atoms with van der Waals surface area (Å²) in [6.07, 6.45) is 1.42. The van der Waals surface area contributed by atoms with Crippen molar-refractivity contribution in [2.75, 3.05) is 0 Å².